The van der Waals surface area contributed by atoms with Crippen LogP contribution in [0, 0.1) is 0 Å². The highest BCUT2D eigenvalue weighted by molar-refractivity contribution is 7.15. The second-order valence-electron chi connectivity index (χ2n) is 1.83. The molecule has 0 bridgehead atoms. The normalized spacial score (nSPS) is 10.0. The van der Waals surface area contributed by atoms with E-state index < -0.39 is 0 Å². The fourth-order valence-electron chi connectivity index (χ4n) is 0.646. The molecular weight excluding hydrogens is 154 g/mol. The Morgan fingerprint density at radius 2 is 2.56 bits per heavy atom. The van der Waals surface area contributed by atoms with Gasteiger partial charge in [0.15, 0.2) is 4.47 Å². The molecule has 0 aliphatic heterocycles. The summed E-state index contributed by atoms with van der Waals surface area (Å²) in [7, 11) is 0. The van der Waals surface area contributed by atoms with Gasteiger partial charge in [0.1, 0.15) is 0 Å². The van der Waals surface area contributed by atoms with Crippen LogP contribution in [0.4, 0.5) is 0 Å². The zero-order chi connectivity index (χ0) is 6.69. The predicted molar refractivity (Wildman–Crippen MR) is 41.1 cm³/mol. The highest BCUT2D eigenvalue weighted by atomic mass is 35.5. The molecule has 1 rings (SSSR count). The number of hydrogen-bond donors (Lipinski definition) is 0. The van der Waals surface area contributed by atoms with Gasteiger partial charge in [-0.15, -0.1) is 11.3 Å². The number of thiazole rings is 1. The first-order valence-corrected chi connectivity index (χ1v) is 4.12. The van der Waals surface area contributed by atoms with E-state index >= 15 is 0 Å². The van der Waals surface area contributed by atoms with E-state index in [1.165, 1.54) is 11.3 Å². The van der Waals surface area contributed by atoms with Crippen LogP contribution in [0.15, 0.2) is 6.20 Å². The Morgan fingerprint density at radius 1 is 1.78 bits per heavy atom. The quantitative estimate of drug-likeness (QED) is 0.650. The second kappa shape index (κ2) is 3.18. The van der Waals surface area contributed by atoms with E-state index in [0.717, 1.165) is 6.42 Å². The van der Waals surface area contributed by atoms with Crippen molar-refractivity contribution in [3.63, 3.8) is 0 Å². The van der Waals surface area contributed by atoms with Gasteiger partial charge in [0.2, 0.25) is 0 Å². The maximum Gasteiger partial charge on any atom is 0.183 e. The highest BCUT2D eigenvalue weighted by Crippen LogP contribution is 2.18. The van der Waals surface area contributed by atoms with Crippen molar-refractivity contribution < 1.29 is 0 Å². The molecule has 0 amide bonds. The number of aryl methyl sites for hydroxylation is 1. The molecule has 1 aromatic rings. The smallest absolute Gasteiger partial charge is 0.183 e. The van der Waals surface area contributed by atoms with Crippen molar-refractivity contribution in [2.75, 3.05) is 0 Å². The van der Waals surface area contributed by atoms with Crippen molar-refractivity contribution >= 4 is 22.9 Å². The molecule has 50 valence electrons. The molecule has 0 atom stereocenters. The molecule has 1 aromatic heterocycles. The molecule has 0 unspecified atom stereocenters. The maximum atomic E-state index is 5.60. The summed E-state index contributed by atoms with van der Waals surface area (Å²) in [5.41, 5.74) is 0. The van der Waals surface area contributed by atoms with Crippen LogP contribution in [-0.4, -0.2) is 4.98 Å². The first kappa shape index (κ1) is 7.03. The number of halogens is 1. The SMILES string of the molecule is CCCc1cnc(Cl)s1. The predicted octanol–water partition coefficient (Wildman–Crippen LogP) is 2.75. The topological polar surface area (TPSA) is 12.9 Å². The number of hydrogen-bond acceptors (Lipinski definition) is 2. The maximum absolute atomic E-state index is 5.60. The Hall–Kier alpha value is -0.0800. The van der Waals surface area contributed by atoms with Gasteiger partial charge in [0.25, 0.3) is 0 Å². The van der Waals surface area contributed by atoms with Gasteiger partial charge in [0.05, 0.1) is 0 Å². The Balaban J connectivity index is 2.61. The molecule has 0 aliphatic carbocycles. The summed E-state index contributed by atoms with van der Waals surface area (Å²) >= 11 is 7.17. The van der Waals surface area contributed by atoms with E-state index in [9.17, 15) is 0 Å². The summed E-state index contributed by atoms with van der Waals surface area (Å²) in [4.78, 5) is 5.20. The van der Waals surface area contributed by atoms with Gasteiger partial charge in [-0.3, -0.25) is 0 Å². The van der Waals surface area contributed by atoms with Gasteiger partial charge >= 0.3 is 0 Å². The van der Waals surface area contributed by atoms with E-state index in [1.807, 2.05) is 6.20 Å². The average molecular weight is 162 g/mol. The summed E-state index contributed by atoms with van der Waals surface area (Å²) in [6, 6.07) is 0. The summed E-state index contributed by atoms with van der Waals surface area (Å²) < 4.78 is 0.651. The van der Waals surface area contributed by atoms with E-state index in [0.29, 0.717) is 4.47 Å². The first-order valence-electron chi connectivity index (χ1n) is 2.93. The molecule has 1 heterocycles. The average Bonchev–Trinajstić information content (AvgIpc) is 2.17. The first-order chi connectivity index (χ1) is 4.33. The molecule has 0 spiro atoms. The van der Waals surface area contributed by atoms with Crippen molar-refractivity contribution in [2.45, 2.75) is 19.8 Å². The zero-order valence-corrected chi connectivity index (χ0v) is 6.80. The van der Waals surface area contributed by atoms with E-state index in [-0.39, 0.29) is 0 Å². The Kier molecular flexibility index (Phi) is 2.49. The monoisotopic (exact) mass is 161 g/mol. The van der Waals surface area contributed by atoms with Crippen LogP contribution in [0.3, 0.4) is 0 Å². The van der Waals surface area contributed by atoms with Crippen LogP contribution in [0.2, 0.25) is 4.47 Å². The lowest BCUT2D eigenvalue weighted by Gasteiger charge is -1.84. The standard InChI is InChI=1S/C6H8ClNS/c1-2-3-5-4-8-6(7)9-5/h4H,2-3H2,1H3. The minimum absolute atomic E-state index is 0.651. The third-order valence-electron chi connectivity index (χ3n) is 1.02. The molecular formula is C6H8ClNS. The van der Waals surface area contributed by atoms with Crippen molar-refractivity contribution in [3.8, 4) is 0 Å². The number of rotatable bonds is 2. The van der Waals surface area contributed by atoms with Gasteiger partial charge in [-0.2, -0.15) is 0 Å². The van der Waals surface area contributed by atoms with Gasteiger partial charge in [0, 0.05) is 11.1 Å². The van der Waals surface area contributed by atoms with Crippen molar-refractivity contribution in [2.24, 2.45) is 0 Å². The molecule has 1 nitrogen and oxygen atoms in total. The molecule has 0 fully saturated rings. The lowest BCUT2D eigenvalue weighted by Crippen LogP contribution is -1.72. The van der Waals surface area contributed by atoms with Crippen LogP contribution < -0.4 is 0 Å². The summed E-state index contributed by atoms with van der Waals surface area (Å²) in [6.07, 6.45) is 4.11. The number of aromatic nitrogens is 1. The minimum Gasteiger partial charge on any atom is -0.233 e. The van der Waals surface area contributed by atoms with Crippen LogP contribution in [0.25, 0.3) is 0 Å². The lowest BCUT2D eigenvalue weighted by atomic mass is 10.3. The molecule has 0 saturated heterocycles. The second-order valence-corrected chi connectivity index (χ2v) is 3.53. The summed E-state index contributed by atoms with van der Waals surface area (Å²) in [5.74, 6) is 0. The third kappa shape index (κ3) is 1.95. The van der Waals surface area contributed by atoms with Gasteiger partial charge in [-0.1, -0.05) is 24.9 Å². The Labute approximate surface area is 63.7 Å². The van der Waals surface area contributed by atoms with Gasteiger partial charge in [-0.05, 0) is 6.42 Å². The molecule has 0 aliphatic rings. The molecule has 0 N–H and O–H groups in total. The van der Waals surface area contributed by atoms with Crippen LogP contribution >= 0.6 is 22.9 Å². The largest absolute Gasteiger partial charge is 0.233 e. The number of nitrogens with zero attached hydrogens (tertiary/aromatic N) is 1. The fraction of sp³-hybridized carbons (Fsp3) is 0.500. The summed E-state index contributed by atoms with van der Waals surface area (Å²) in [5, 5.41) is 0. The Bertz CT molecular complexity index is 185. The minimum atomic E-state index is 0.651. The molecule has 9 heavy (non-hydrogen) atoms. The third-order valence-corrected chi connectivity index (χ3v) is 2.20. The van der Waals surface area contributed by atoms with Crippen molar-refractivity contribution in [3.05, 3.63) is 15.5 Å². The van der Waals surface area contributed by atoms with Crippen molar-refractivity contribution in [1.29, 1.82) is 0 Å². The van der Waals surface area contributed by atoms with Crippen molar-refractivity contribution in [1.82, 2.24) is 4.98 Å². The molecule has 0 aromatic carbocycles. The Morgan fingerprint density at radius 3 is 3.00 bits per heavy atom. The van der Waals surface area contributed by atoms with Crippen LogP contribution in [-0.2, 0) is 6.42 Å². The molecule has 0 radical (unpaired) electrons. The van der Waals surface area contributed by atoms with E-state index in [2.05, 4.69) is 11.9 Å². The van der Waals surface area contributed by atoms with E-state index in [4.69, 9.17) is 11.6 Å². The highest BCUT2D eigenvalue weighted by Gasteiger charge is 1.95. The lowest BCUT2D eigenvalue weighted by molar-refractivity contribution is 0.936. The summed E-state index contributed by atoms with van der Waals surface area (Å²) in [6.45, 7) is 2.15. The van der Waals surface area contributed by atoms with Gasteiger partial charge in [-0.25, -0.2) is 4.98 Å². The van der Waals surface area contributed by atoms with E-state index in [1.54, 1.807) is 11.3 Å². The molecule has 0 saturated carbocycles. The molecule has 3 heteroatoms. The van der Waals surface area contributed by atoms with Crippen LogP contribution in [0.1, 0.15) is 18.2 Å². The fourth-order valence-corrected chi connectivity index (χ4v) is 1.73. The zero-order valence-electron chi connectivity index (χ0n) is 5.22. The van der Waals surface area contributed by atoms with Crippen LogP contribution in [0.5, 0.6) is 0 Å². The van der Waals surface area contributed by atoms with Gasteiger partial charge < -0.3 is 0 Å².